The van der Waals surface area contributed by atoms with Crippen molar-refractivity contribution in [1.29, 1.82) is 0 Å². The molecule has 0 aliphatic carbocycles. The van der Waals surface area contributed by atoms with Crippen molar-refractivity contribution < 1.29 is 14.0 Å². The Morgan fingerprint density at radius 2 is 1.93 bits per heavy atom. The van der Waals surface area contributed by atoms with Gasteiger partial charge in [0.05, 0.1) is 12.3 Å². The van der Waals surface area contributed by atoms with Gasteiger partial charge >= 0.3 is 0 Å². The largest absolute Gasteiger partial charge is 0.390 e. The summed E-state index contributed by atoms with van der Waals surface area (Å²) in [7, 11) is 0. The third kappa shape index (κ3) is 5.65. The molecule has 0 bridgehead atoms. The van der Waals surface area contributed by atoms with Gasteiger partial charge < -0.3 is 9.74 Å². The van der Waals surface area contributed by atoms with E-state index in [4.69, 9.17) is 4.84 Å². The van der Waals surface area contributed by atoms with Gasteiger partial charge in [0.1, 0.15) is 5.82 Å². The first-order chi connectivity index (χ1) is 13.3. The first-order valence-corrected chi connectivity index (χ1v) is 9.60. The number of hydrogen-bond acceptors (Lipinski definition) is 3. The van der Waals surface area contributed by atoms with E-state index in [0.29, 0.717) is 25.9 Å². The Balaban J connectivity index is 1.69. The van der Waals surface area contributed by atoms with Crippen LogP contribution in [-0.4, -0.2) is 29.2 Å². The predicted molar refractivity (Wildman–Crippen MR) is 108 cm³/mol. The minimum Gasteiger partial charge on any atom is -0.390 e. The molecule has 2 aromatic carbocycles. The molecule has 0 aromatic heterocycles. The third-order valence-electron chi connectivity index (χ3n) is 4.56. The van der Waals surface area contributed by atoms with Crippen LogP contribution in [0.25, 0.3) is 0 Å². The first kappa shape index (κ1) is 20.1. The van der Waals surface area contributed by atoms with Gasteiger partial charge in [-0.15, -0.1) is 0 Å². The molecule has 1 aliphatic rings. The number of carbonyl (C=O) groups excluding carboxylic acids is 1. The molecule has 1 atom stereocenters. The molecule has 0 radical (unpaired) electrons. The van der Waals surface area contributed by atoms with Gasteiger partial charge in [-0.25, -0.2) is 4.39 Å². The van der Waals surface area contributed by atoms with E-state index in [-0.39, 0.29) is 23.2 Å². The van der Waals surface area contributed by atoms with E-state index in [1.807, 2.05) is 57.2 Å². The summed E-state index contributed by atoms with van der Waals surface area (Å²) in [5.41, 5.74) is 2.56. The second-order valence-electron chi connectivity index (χ2n) is 8.48. The highest BCUT2D eigenvalue weighted by Crippen LogP contribution is 2.23. The quantitative estimate of drug-likeness (QED) is 0.721. The number of hydrogen-bond donors (Lipinski definition) is 0. The molecule has 0 unspecified atom stereocenters. The topological polar surface area (TPSA) is 41.9 Å². The van der Waals surface area contributed by atoms with Crippen LogP contribution in [0.5, 0.6) is 0 Å². The lowest BCUT2D eigenvalue weighted by Crippen LogP contribution is -2.38. The summed E-state index contributed by atoms with van der Waals surface area (Å²) in [6.07, 6.45) is 0.862. The fourth-order valence-corrected chi connectivity index (χ4v) is 3.25. The van der Waals surface area contributed by atoms with Crippen LogP contribution in [0.3, 0.4) is 0 Å². The van der Waals surface area contributed by atoms with Crippen molar-refractivity contribution in [2.45, 2.75) is 46.3 Å². The SMILES string of the molecule is CC(C)(C)CC(=O)N(Cc1cccc(F)c1)C[C@@H]1CC(c2ccccc2)=NO1. The molecule has 0 saturated carbocycles. The van der Waals surface area contributed by atoms with Gasteiger partial charge in [0.15, 0.2) is 6.10 Å². The monoisotopic (exact) mass is 382 g/mol. The molecule has 0 fully saturated rings. The van der Waals surface area contributed by atoms with Crippen LogP contribution in [0.15, 0.2) is 59.8 Å². The maximum absolute atomic E-state index is 13.6. The van der Waals surface area contributed by atoms with Gasteiger partial charge in [-0.1, -0.05) is 68.4 Å². The minimum absolute atomic E-state index is 0.0357. The molecule has 0 saturated heterocycles. The van der Waals surface area contributed by atoms with E-state index in [1.165, 1.54) is 12.1 Å². The van der Waals surface area contributed by atoms with Crippen molar-refractivity contribution >= 4 is 11.6 Å². The van der Waals surface area contributed by atoms with Crippen LogP contribution < -0.4 is 0 Å². The van der Waals surface area contributed by atoms with Crippen LogP contribution in [0.4, 0.5) is 4.39 Å². The van der Waals surface area contributed by atoms with Crippen molar-refractivity contribution in [3.8, 4) is 0 Å². The number of rotatable bonds is 6. The zero-order chi connectivity index (χ0) is 20.1. The van der Waals surface area contributed by atoms with Crippen LogP contribution in [0.2, 0.25) is 0 Å². The fraction of sp³-hybridized carbons (Fsp3) is 0.391. The molecule has 2 aromatic rings. The Bertz CT molecular complexity index is 843. The molecule has 5 heteroatoms. The highest BCUT2D eigenvalue weighted by atomic mass is 19.1. The smallest absolute Gasteiger partial charge is 0.223 e. The second-order valence-corrected chi connectivity index (χ2v) is 8.48. The van der Waals surface area contributed by atoms with Gasteiger partial charge in [-0.2, -0.15) is 0 Å². The van der Waals surface area contributed by atoms with E-state index in [2.05, 4.69) is 5.16 Å². The maximum atomic E-state index is 13.6. The van der Waals surface area contributed by atoms with Crippen molar-refractivity contribution in [2.24, 2.45) is 10.6 Å². The number of nitrogens with zero attached hydrogens (tertiary/aromatic N) is 2. The highest BCUT2D eigenvalue weighted by Gasteiger charge is 2.28. The number of carbonyl (C=O) groups is 1. The minimum atomic E-state index is -0.299. The first-order valence-electron chi connectivity index (χ1n) is 9.60. The average molecular weight is 382 g/mol. The van der Waals surface area contributed by atoms with Gasteiger partial charge in [-0.05, 0) is 28.7 Å². The summed E-state index contributed by atoms with van der Waals surface area (Å²) < 4.78 is 13.6. The Hall–Kier alpha value is -2.69. The van der Waals surface area contributed by atoms with Crippen LogP contribution >= 0.6 is 0 Å². The number of halogens is 1. The Morgan fingerprint density at radius 3 is 2.61 bits per heavy atom. The summed E-state index contributed by atoms with van der Waals surface area (Å²) in [6, 6.07) is 16.3. The van der Waals surface area contributed by atoms with Crippen molar-refractivity contribution in [2.75, 3.05) is 6.54 Å². The Morgan fingerprint density at radius 1 is 1.18 bits per heavy atom. The number of oxime groups is 1. The molecule has 28 heavy (non-hydrogen) atoms. The fourth-order valence-electron chi connectivity index (χ4n) is 3.25. The van der Waals surface area contributed by atoms with Crippen molar-refractivity contribution in [1.82, 2.24) is 4.90 Å². The highest BCUT2D eigenvalue weighted by molar-refractivity contribution is 6.01. The van der Waals surface area contributed by atoms with Crippen LogP contribution in [0.1, 0.15) is 44.7 Å². The lowest BCUT2D eigenvalue weighted by atomic mass is 9.91. The molecule has 1 heterocycles. The number of amides is 1. The molecule has 3 rings (SSSR count). The van der Waals surface area contributed by atoms with Gasteiger partial charge in [-0.3, -0.25) is 4.79 Å². The molecule has 148 valence electrons. The predicted octanol–water partition coefficient (Wildman–Crippen LogP) is 4.78. The summed E-state index contributed by atoms with van der Waals surface area (Å²) in [6.45, 7) is 6.88. The normalized spacial score (nSPS) is 16.4. The third-order valence-corrected chi connectivity index (χ3v) is 4.56. The molecular weight excluding hydrogens is 355 g/mol. The van der Waals surface area contributed by atoms with E-state index >= 15 is 0 Å². The van der Waals surface area contributed by atoms with Crippen LogP contribution in [0, 0.1) is 11.2 Å². The zero-order valence-corrected chi connectivity index (χ0v) is 16.7. The molecule has 1 aliphatic heterocycles. The molecular formula is C23H27FN2O2. The van der Waals surface area contributed by atoms with E-state index < -0.39 is 0 Å². The second kappa shape index (κ2) is 8.55. The number of benzene rings is 2. The zero-order valence-electron chi connectivity index (χ0n) is 16.7. The van der Waals surface area contributed by atoms with Crippen molar-refractivity contribution in [3.63, 3.8) is 0 Å². The van der Waals surface area contributed by atoms with E-state index in [9.17, 15) is 9.18 Å². The lowest BCUT2D eigenvalue weighted by molar-refractivity contribution is -0.135. The van der Waals surface area contributed by atoms with Crippen molar-refractivity contribution in [3.05, 3.63) is 71.5 Å². The van der Waals surface area contributed by atoms with Gasteiger partial charge in [0.25, 0.3) is 0 Å². The molecule has 4 nitrogen and oxygen atoms in total. The Kier molecular flexibility index (Phi) is 6.12. The maximum Gasteiger partial charge on any atom is 0.223 e. The van der Waals surface area contributed by atoms with Gasteiger partial charge in [0.2, 0.25) is 5.91 Å². The standard InChI is InChI=1S/C23H27FN2O2/c1-23(2,3)14-22(27)26(15-17-8-7-11-19(24)12-17)16-20-13-21(25-28-20)18-9-5-4-6-10-18/h4-12,20H,13-16H2,1-3H3/t20-/m0/s1. The molecule has 1 amide bonds. The summed E-state index contributed by atoms with van der Waals surface area (Å²) in [4.78, 5) is 20.3. The van der Waals surface area contributed by atoms with Gasteiger partial charge in [0, 0.05) is 19.4 Å². The summed E-state index contributed by atoms with van der Waals surface area (Å²) in [5.74, 6) is -0.263. The summed E-state index contributed by atoms with van der Waals surface area (Å²) >= 11 is 0. The lowest BCUT2D eigenvalue weighted by Gasteiger charge is -2.28. The van der Waals surface area contributed by atoms with Crippen LogP contribution in [-0.2, 0) is 16.2 Å². The van der Waals surface area contributed by atoms with E-state index in [1.54, 1.807) is 11.0 Å². The molecule has 0 N–H and O–H groups in total. The van der Waals surface area contributed by atoms with E-state index in [0.717, 1.165) is 16.8 Å². The Labute approximate surface area is 166 Å². The summed E-state index contributed by atoms with van der Waals surface area (Å²) in [5, 5.41) is 4.21. The molecule has 0 spiro atoms. The average Bonchev–Trinajstić information content (AvgIpc) is 3.09.